The van der Waals surface area contributed by atoms with Crippen molar-refractivity contribution in [2.75, 3.05) is 32.6 Å². The van der Waals surface area contributed by atoms with Crippen molar-refractivity contribution in [2.24, 2.45) is 0 Å². The van der Waals surface area contributed by atoms with Crippen LogP contribution in [0.25, 0.3) is 0 Å². The van der Waals surface area contributed by atoms with E-state index in [0.29, 0.717) is 11.3 Å². The Hall–Kier alpha value is -1.88. The molecule has 0 bridgehead atoms. The molecule has 1 aromatic carbocycles. The molecule has 3 rings (SSSR count). The number of nitrogens with zero attached hydrogens (tertiary/aromatic N) is 1. The van der Waals surface area contributed by atoms with Gasteiger partial charge < -0.3 is 14.5 Å². The van der Waals surface area contributed by atoms with E-state index >= 15 is 0 Å². The number of carbonyl (C=O) groups is 2. The minimum absolute atomic E-state index is 0.0626. The molecular formula is C21H31N2O3+. The van der Waals surface area contributed by atoms with Gasteiger partial charge in [-0.25, -0.2) is 4.79 Å². The van der Waals surface area contributed by atoms with Crippen molar-refractivity contribution >= 4 is 17.6 Å². The molecule has 1 aromatic rings. The Morgan fingerprint density at radius 2 is 1.73 bits per heavy atom. The molecule has 0 unspecified atom stereocenters. The normalized spacial score (nSPS) is 21.2. The van der Waals surface area contributed by atoms with Crippen LogP contribution in [0.1, 0.15) is 60.9 Å². The first-order chi connectivity index (χ1) is 12.4. The van der Waals surface area contributed by atoms with E-state index in [9.17, 15) is 9.59 Å². The number of quaternary nitrogens is 1. The van der Waals surface area contributed by atoms with Gasteiger partial charge >= 0.3 is 5.97 Å². The number of aryl methyl sites for hydroxylation is 1. The highest BCUT2D eigenvalue weighted by atomic mass is 16.5. The Morgan fingerprint density at radius 3 is 2.27 bits per heavy atom. The number of likely N-dealkylation sites (tertiary alicyclic amines) is 1. The Labute approximate surface area is 156 Å². The molecule has 0 radical (unpaired) electrons. The number of amides is 1. The van der Waals surface area contributed by atoms with Crippen LogP contribution < -0.4 is 5.32 Å². The standard InChI is InChI=1S/C21H30N2O3/c1-16-10-8-11-17(19(24)26-3)18(16)22-20(25)21(12-9-13-21)23(2)14-6-4-5-7-15-23/h8,10-11H,4-7,9,12-15H2,1-3H3/p+1. The smallest absolute Gasteiger partial charge is 0.339 e. The summed E-state index contributed by atoms with van der Waals surface area (Å²) in [5.74, 6) is -0.352. The first-order valence-corrected chi connectivity index (χ1v) is 9.78. The van der Waals surface area contributed by atoms with E-state index in [4.69, 9.17) is 4.74 Å². The van der Waals surface area contributed by atoms with Crippen LogP contribution in [0.15, 0.2) is 18.2 Å². The number of hydrogen-bond donors (Lipinski definition) is 1. The molecule has 5 heteroatoms. The lowest BCUT2D eigenvalue weighted by atomic mass is 9.72. The summed E-state index contributed by atoms with van der Waals surface area (Å²) in [6, 6.07) is 5.45. The summed E-state index contributed by atoms with van der Waals surface area (Å²) in [4.78, 5) is 25.6. The molecule has 1 N–H and O–H groups in total. The third-order valence-electron chi connectivity index (χ3n) is 6.61. The molecule has 0 spiro atoms. The summed E-state index contributed by atoms with van der Waals surface area (Å²) in [5, 5.41) is 3.12. The number of rotatable bonds is 4. The highest BCUT2D eigenvalue weighted by Gasteiger charge is 2.58. The fraction of sp³-hybridized carbons (Fsp3) is 0.619. The Balaban J connectivity index is 1.90. The highest BCUT2D eigenvalue weighted by Crippen LogP contribution is 2.44. The van der Waals surface area contributed by atoms with Crippen molar-refractivity contribution < 1.29 is 18.8 Å². The summed E-state index contributed by atoms with van der Waals surface area (Å²) in [7, 11) is 3.62. The van der Waals surface area contributed by atoms with Crippen molar-refractivity contribution in [3.05, 3.63) is 29.3 Å². The summed E-state index contributed by atoms with van der Waals surface area (Å²) in [6.45, 7) is 4.04. The molecular weight excluding hydrogens is 328 g/mol. The molecule has 1 saturated carbocycles. The molecule has 1 heterocycles. The number of ether oxygens (including phenoxy) is 1. The average molecular weight is 359 g/mol. The largest absolute Gasteiger partial charge is 0.465 e. The predicted molar refractivity (Wildman–Crippen MR) is 102 cm³/mol. The topological polar surface area (TPSA) is 55.4 Å². The molecule has 2 aliphatic rings. The van der Waals surface area contributed by atoms with Crippen LogP contribution in [0.5, 0.6) is 0 Å². The average Bonchev–Trinajstić information content (AvgIpc) is 2.80. The fourth-order valence-corrected chi connectivity index (χ4v) is 4.68. The number of carbonyl (C=O) groups excluding carboxylic acids is 2. The van der Waals surface area contributed by atoms with Crippen LogP contribution in [-0.4, -0.2) is 49.1 Å². The maximum absolute atomic E-state index is 13.5. The van der Waals surface area contributed by atoms with Gasteiger partial charge in [-0.2, -0.15) is 0 Å². The van der Waals surface area contributed by atoms with Crippen molar-refractivity contribution in [2.45, 2.75) is 57.4 Å². The van der Waals surface area contributed by atoms with Gasteiger partial charge in [-0.05, 0) is 50.7 Å². The van der Waals surface area contributed by atoms with Gasteiger partial charge in [0.1, 0.15) is 0 Å². The van der Waals surface area contributed by atoms with Gasteiger partial charge in [0.15, 0.2) is 5.54 Å². The van der Waals surface area contributed by atoms with Crippen molar-refractivity contribution in [3.8, 4) is 0 Å². The molecule has 5 nitrogen and oxygen atoms in total. The molecule has 0 aromatic heterocycles. The maximum atomic E-state index is 13.5. The highest BCUT2D eigenvalue weighted by molar-refractivity contribution is 6.05. The lowest BCUT2D eigenvalue weighted by Crippen LogP contribution is -2.71. The summed E-state index contributed by atoms with van der Waals surface area (Å²) in [6.07, 6.45) is 7.83. The predicted octanol–water partition coefficient (Wildman–Crippen LogP) is 3.66. The van der Waals surface area contributed by atoms with E-state index in [0.717, 1.165) is 42.4 Å². The first-order valence-electron chi connectivity index (χ1n) is 9.78. The molecule has 1 aliphatic heterocycles. The van der Waals surface area contributed by atoms with Crippen molar-refractivity contribution in [3.63, 3.8) is 0 Å². The third-order valence-corrected chi connectivity index (χ3v) is 6.61. The fourth-order valence-electron chi connectivity index (χ4n) is 4.68. The number of methoxy groups -OCH3 is 1. The van der Waals surface area contributed by atoms with E-state index in [2.05, 4.69) is 12.4 Å². The van der Waals surface area contributed by atoms with Gasteiger partial charge in [0.25, 0.3) is 5.91 Å². The Bertz CT molecular complexity index is 686. The van der Waals surface area contributed by atoms with Gasteiger partial charge in [0, 0.05) is 12.8 Å². The molecule has 1 aliphatic carbocycles. The quantitative estimate of drug-likeness (QED) is 0.659. The first kappa shape index (κ1) is 18.9. The molecule has 1 amide bonds. The van der Waals surface area contributed by atoms with Crippen LogP contribution in [0.2, 0.25) is 0 Å². The van der Waals surface area contributed by atoms with Crippen LogP contribution in [0, 0.1) is 6.92 Å². The molecule has 142 valence electrons. The van der Waals surface area contributed by atoms with Gasteiger partial charge in [-0.15, -0.1) is 0 Å². The van der Waals surface area contributed by atoms with E-state index in [1.54, 1.807) is 6.07 Å². The van der Waals surface area contributed by atoms with Crippen molar-refractivity contribution in [1.82, 2.24) is 0 Å². The van der Waals surface area contributed by atoms with E-state index < -0.39 is 5.97 Å². The number of esters is 1. The zero-order chi connectivity index (χ0) is 18.8. The van der Waals surface area contributed by atoms with Gasteiger partial charge in [0.2, 0.25) is 0 Å². The van der Waals surface area contributed by atoms with Crippen LogP contribution in [0.4, 0.5) is 5.69 Å². The Morgan fingerprint density at radius 1 is 1.08 bits per heavy atom. The Kier molecular flexibility index (Phi) is 5.37. The van der Waals surface area contributed by atoms with Gasteiger partial charge in [0.05, 0.1) is 38.5 Å². The molecule has 0 atom stereocenters. The van der Waals surface area contributed by atoms with E-state index in [1.165, 1.54) is 32.8 Å². The molecule has 2 fully saturated rings. The van der Waals surface area contributed by atoms with E-state index in [1.807, 2.05) is 19.1 Å². The van der Waals surface area contributed by atoms with Crippen LogP contribution >= 0.6 is 0 Å². The lowest BCUT2D eigenvalue weighted by Gasteiger charge is -2.54. The van der Waals surface area contributed by atoms with Gasteiger partial charge in [-0.3, -0.25) is 4.79 Å². The number of likely N-dealkylation sites (N-methyl/N-ethyl adjacent to an activating group) is 1. The van der Waals surface area contributed by atoms with E-state index in [-0.39, 0.29) is 11.4 Å². The lowest BCUT2D eigenvalue weighted by molar-refractivity contribution is -0.954. The summed E-state index contributed by atoms with van der Waals surface area (Å²) < 4.78 is 5.73. The number of hydrogen-bond acceptors (Lipinski definition) is 3. The van der Waals surface area contributed by atoms with Crippen molar-refractivity contribution in [1.29, 1.82) is 0 Å². The van der Waals surface area contributed by atoms with Crippen LogP contribution in [0.3, 0.4) is 0 Å². The molecule has 26 heavy (non-hydrogen) atoms. The third kappa shape index (κ3) is 3.13. The zero-order valence-electron chi connectivity index (χ0n) is 16.3. The van der Waals surface area contributed by atoms with Gasteiger partial charge in [-0.1, -0.05) is 12.1 Å². The minimum Gasteiger partial charge on any atom is -0.465 e. The number of anilines is 1. The maximum Gasteiger partial charge on any atom is 0.339 e. The second kappa shape index (κ2) is 7.39. The SMILES string of the molecule is COC(=O)c1cccc(C)c1NC(=O)C1([N+]2(C)CCCCCC2)CCC1. The van der Waals surface area contributed by atoms with Crippen LogP contribution in [-0.2, 0) is 9.53 Å². The minimum atomic E-state index is -0.415. The number of nitrogens with one attached hydrogen (secondary N) is 1. The monoisotopic (exact) mass is 359 g/mol. The molecule has 1 saturated heterocycles. The second-order valence-corrected chi connectivity index (χ2v) is 8.09. The summed E-state index contributed by atoms with van der Waals surface area (Å²) >= 11 is 0. The number of benzene rings is 1. The summed E-state index contributed by atoms with van der Waals surface area (Å²) in [5.41, 5.74) is 1.54. The zero-order valence-corrected chi connectivity index (χ0v) is 16.3. The number of para-hydroxylation sites is 1. The second-order valence-electron chi connectivity index (χ2n) is 8.09.